The van der Waals surface area contributed by atoms with Crippen molar-refractivity contribution in [2.45, 2.75) is 6.92 Å². The fraction of sp³-hybridized carbons (Fsp3) is 0.118. The molecule has 0 aliphatic carbocycles. The first-order valence-corrected chi connectivity index (χ1v) is 6.76. The van der Waals surface area contributed by atoms with Crippen LogP contribution in [0.1, 0.15) is 11.1 Å². The first-order valence-electron chi connectivity index (χ1n) is 6.38. The zero-order valence-corrected chi connectivity index (χ0v) is 12.6. The van der Waals surface area contributed by atoms with E-state index in [1.165, 1.54) is 6.08 Å². The molecule has 0 heterocycles. The molecule has 0 saturated heterocycles. The van der Waals surface area contributed by atoms with Gasteiger partial charge in [0.15, 0.2) is 0 Å². The van der Waals surface area contributed by atoms with E-state index in [-0.39, 0.29) is 0 Å². The predicted octanol–water partition coefficient (Wildman–Crippen LogP) is 4.28. The third-order valence-electron chi connectivity index (χ3n) is 2.88. The van der Waals surface area contributed by atoms with Crippen molar-refractivity contribution in [1.82, 2.24) is 0 Å². The van der Waals surface area contributed by atoms with Gasteiger partial charge in [0, 0.05) is 11.1 Å². The maximum absolute atomic E-state index is 11.7. The summed E-state index contributed by atoms with van der Waals surface area (Å²) in [5.74, 6) is 0.806. The summed E-state index contributed by atoms with van der Waals surface area (Å²) in [6.45, 7) is 1.85. The second kappa shape index (κ2) is 6.95. The summed E-state index contributed by atoms with van der Waals surface area (Å²) in [4.78, 5) is 11.7. The Hall–Kier alpha value is -2.26. The number of methoxy groups -OCH3 is 1. The van der Waals surface area contributed by atoms with Crippen LogP contribution in [-0.4, -0.2) is 13.1 Å². The first kappa shape index (κ1) is 15.1. The van der Waals surface area contributed by atoms with Crippen molar-refractivity contribution in [3.05, 3.63) is 64.7 Å². The van der Waals surface area contributed by atoms with Crippen molar-refractivity contribution in [1.29, 1.82) is 0 Å². The molecule has 0 spiro atoms. The van der Waals surface area contributed by atoms with Crippen LogP contribution in [0.3, 0.4) is 0 Å². The van der Waals surface area contributed by atoms with Crippen LogP contribution in [0.15, 0.2) is 48.5 Å². The summed E-state index contributed by atoms with van der Waals surface area (Å²) in [5, 5.41) is 0.642. The summed E-state index contributed by atoms with van der Waals surface area (Å²) in [6, 6.07) is 12.5. The minimum atomic E-state index is -0.437. The van der Waals surface area contributed by atoms with Gasteiger partial charge in [-0.25, -0.2) is 4.79 Å². The molecule has 0 atom stereocenters. The lowest BCUT2D eigenvalue weighted by molar-refractivity contribution is -0.128. The zero-order valence-electron chi connectivity index (χ0n) is 11.8. The maximum Gasteiger partial charge on any atom is 0.336 e. The number of carbonyl (C=O) groups is 1. The van der Waals surface area contributed by atoms with Gasteiger partial charge in [-0.05, 0) is 54.5 Å². The van der Waals surface area contributed by atoms with Crippen LogP contribution < -0.4 is 9.47 Å². The molecule has 0 fully saturated rings. The van der Waals surface area contributed by atoms with Gasteiger partial charge in [-0.15, -0.1) is 0 Å². The Bertz CT molecular complexity index is 660. The van der Waals surface area contributed by atoms with E-state index < -0.39 is 5.97 Å². The molecule has 0 amide bonds. The lowest BCUT2D eigenvalue weighted by atomic mass is 10.2. The van der Waals surface area contributed by atoms with Gasteiger partial charge in [-0.1, -0.05) is 23.7 Å². The molecule has 108 valence electrons. The van der Waals surface area contributed by atoms with E-state index in [4.69, 9.17) is 21.1 Å². The third kappa shape index (κ3) is 4.36. The van der Waals surface area contributed by atoms with E-state index in [9.17, 15) is 4.79 Å². The van der Waals surface area contributed by atoms with Gasteiger partial charge in [0.25, 0.3) is 0 Å². The number of esters is 1. The second-order valence-corrected chi connectivity index (χ2v) is 4.85. The van der Waals surface area contributed by atoms with E-state index in [2.05, 4.69) is 0 Å². The summed E-state index contributed by atoms with van der Waals surface area (Å²) < 4.78 is 10.3. The molecule has 0 bridgehead atoms. The average Bonchev–Trinajstić information content (AvgIpc) is 2.49. The number of aryl methyl sites for hydroxylation is 1. The van der Waals surface area contributed by atoms with Gasteiger partial charge in [0.2, 0.25) is 0 Å². The van der Waals surface area contributed by atoms with E-state index in [0.29, 0.717) is 10.8 Å². The number of carbonyl (C=O) groups excluding carboxylic acids is 1. The molecule has 0 aromatic heterocycles. The number of rotatable bonds is 4. The van der Waals surface area contributed by atoms with Crippen molar-refractivity contribution < 1.29 is 14.3 Å². The molecule has 0 aliphatic heterocycles. The topological polar surface area (TPSA) is 35.5 Å². The molecular formula is C17H15ClO3. The molecular weight excluding hydrogens is 288 g/mol. The Balaban J connectivity index is 1.99. The predicted molar refractivity (Wildman–Crippen MR) is 83.9 cm³/mol. The first-order chi connectivity index (χ1) is 10.1. The second-order valence-electron chi connectivity index (χ2n) is 4.44. The van der Waals surface area contributed by atoms with Gasteiger partial charge in [-0.3, -0.25) is 0 Å². The van der Waals surface area contributed by atoms with Crippen LogP contribution >= 0.6 is 11.6 Å². The standard InChI is InChI=1S/C17H15ClO3/c1-12-11-15(8-9-16(12)18)21-17(19)10-5-13-3-6-14(20-2)7-4-13/h3-11H,1-2H3. The van der Waals surface area contributed by atoms with Gasteiger partial charge in [0.1, 0.15) is 11.5 Å². The molecule has 0 unspecified atom stereocenters. The molecule has 0 radical (unpaired) electrons. The van der Waals surface area contributed by atoms with Gasteiger partial charge >= 0.3 is 5.97 Å². The highest BCUT2D eigenvalue weighted by Gasteiger charge is 2.03. The summed E-state index contributed by atoms with van der Waals surface area (Å²) in [7, 11) is 1.61. The van der Waals surface area contributed by atoms with Crippen molar-refractivity contribution >= 4 is 23.6 Å². The quantitative estimate of drug-likeness (QED) is 0.480. The number of hydrogen-bond donors (Lipinski definition) is 0. The Labute approximate surface area is 128 Å². The van der Waals surface area contributed by atoms with Crippen molar-refractivity contribution in [2.75, 3.05) is 7.11 Å². The molecule has 3 nitrogen and oxygen atoms in total. The third-order valence-corrected chi connectivity index (χ3v) is 3.30. The SMILES string of the molecule is COc1ccc(C=CC(=O)Oc2ccc(Cl)c(C)c2)cc1. The Morgan fingerprint density at radius 2 is 1.76 bits per heavy atom. The van der Waals surface area contributed by atoms with Gasteiger partial charge < -0.3 is 9.47 Å². The average molecular weight is 303 g/mol. The number of hydrogen-bond acceptors (Lipinski definition) is 3. The monoisotopic (exact) mass is 302 g/mol. The van der Waals surface area contributed by atoms with Crippen LogP contribution in [-0.2, 0) is 4.79 Å². The van der Waals surface area contributed by atoms with Gasteiger partial charge in [0.05, 0.1) is 7.11 Å². The normalized spacial score (nSPS) is 10.6. The molecule has 2 aromatic carbocycles. The Kier molecular flexibility index (Phi) is 5.01. The van der Waals surface area contributed by atoms with Crippen molar-refractivity contribution in [3.8, 4) is 11.5 Å². The fourth-order valence-electron chi connectivity index (χ4n) is 1.71. The molecule has 4 heteroatoms. The van der Waals surface area contributed by atoms with Gasteiger partial charge in [-0.2, -0.15) is 0 Å². The highest BCUT2D eigenvalue weighted by Crippen LogP contribution is 2.21. The number of benzene rings is 2. The molecule has 21 heavy (non-hydrogen) atoms. The zero-order chi connectivity index (χ0) is 15.2. The van der Waals surface area contributed by atoms with Crippen LogP contribution in [0.25, 0.3) is 6.08 Å². The van der Waals surface area contributed by atoms with E-state index in [0.717, 1.165) is 16.9 Å². The lowest BCUT2D eigenvalue weighted by Crippen LogP contribution is -2.03. The summed E-state index contributed by atoms with van der Waals surface area (Å²) >= 11 is 5.92. The molecule has 2 aromatic rings. The summed E-state index contributed by atoms with van der Waals surface area (Å²) in [5.41, 5.74) is 1.75. The minimum absolute atomic E-state index is 0.437. The van der Waals surface area contributed by atoms with E-state index >= 15 is 0 Å². The highest BCUT2D eigenvalue weighted by molar-refractivity contribution is 6.31. The number of ether oxygens (including phenoxy) is 2. The molecule has 0 N–H and O–H groups in total. The van der Waals surface area contributed by atoms with Crippen LogP contribution in [0, 0.1) is 6.92 Å². The number of halogens is 1. The maximum atomic E-state index is 11.7. The largest absolute Gasteiger partial charge is 0.497 e. The molecule has 0 aliphatic rings. The smallest absolute Gasteiger partial charge is 0.336 e. The molecule has 0 saturated carbocycles. The van der Waals surface area contributed by atoms with E-state index in [1.54, 1.807) is 31.4 Å². The van der Waals surface area contributed by atoms with E-state index in [1.807, 2.05) is 31.2 Å². The lowest BCUT2D eigenvalue weighted by Gasteiger charge is -2.03. The Morgan fingerprint density at radius 3 is 2.38 bits per heavy atom. The van der Waals surface area contributed by atoms with Crippen molar-refractivity contribution in [3.63, 3.8) is 0 Å². The Morgan fingerprint density at radius 1 is 1.10 bits per heavy atom. The molecule has 2 rings (SSSR count). The van der Waals surface area contributed by atoms with Crippen LogP contribution in [0.2, 0.25) is 5.02 Å². The fourth-order valence-corrected chi connectivity index (χ4v) is 1.83. The van der Waals surface area contributed by atoms with Crippen molar-refractivity contribution in [2.24, 2.45) is 0 Å². The van der Waals surface area contributed by atoms with Crippen LogP contribution in [0.4, 0.5) is 0 Å². The highest BCUT2D eigenvalue weighted by atomic mass is 35.5. The minimum Gasteiger partial charge on any atom is -0.497 e. The summed E-state index contributed by atoms with van der Waals surface area (Å²) in [6.07, 6.45) is 3.07. The van der Waals surface area contributed by atoms with Crippen LogP contribution in [0.5, 0.6) is 11.5 Å².